The van der Waals surface area contributed by atoms with Crippen LogP contribution in [0.1, 0.15) is 21.5 Å². The minimum Gasteiger partial charge on any atom is -0.292 e. The summed E-state index contributed by atoms with van der Waals surface area (Å²) >= 11 is 5.61. The third kappa shape index (κ3) is 4.72. The van der Waals surface area contributed by atoms with Crippen molar-refractivity contribution >= 4 is 35.2 Å². The zero-order valence-electron chi connectivity index (χ0n) is 14.7. The van der Waals surface area contributed by atoms with Crippen LogP contribution in [0.2, 0.25) is 5.02 Å². The average Bonchev–Trinajstić information content (AvgIpc) is 2.72. The van der Waals surface area contributed by atoms with Gasteiger partial charge in [0.1, 0.15) is 0 Å². The molecule has 1 N–H and O–H groups in total. The second-order valence-electron chi connectivity index (χ2n) is 5.89. The fraction of sp³-hybridized carbons (Fsp3) is 0.0500. The number of rotatable bonds is 6. The number of nitrogens with zero attached hydrogens (tertiary/aromatic N) is 2. The van der Waals surface area contributed by atoms with Crippen molar-refractivity contribution in [2.24, 2.45) is 0 Å². The Morgan fingerprint density at radius 3 is 2.41 bits per heavy atom. The summed E-state index contributed by atoms with van der Waals surface area (Å²) in [5.41, 5.74) is 2.52. The Hall–Kier alpha value is -3.39. The molecule has 0 saturated carbocycles. The predicted octanol–water partition coefficient (Wildman–Crippen LogP) is 4.97. The van der Waals surface area contributed by atoms with E-state index in [1.807, 2.05) is 0 Å². The van der Waals surface area contributed by atoms with Gasteiger partial charge in [-0.1, -0.05) is 23.7 Å². The van der Waals surface area contributed by atoms with Crippen LogP contribution in [-0.4, -0.2) is 17.2 Å². The van der Waals surface area contributed by atoms with Crippen LogP contribution in [0, 0.1) is 0 Å². The van der Waals surface area contributed by atoms with Crippen LogP contribution in [0.5, 0.6) is 0 Å². The van der Waals surface area contributed by atoms with Gasteiger partial charge >= 0.3 is 6.18 Å². The lowest BCUT2D eigenvalue weighted by atomic mass is 10.0. The summed E-state index contributed by atoms with van der Waals surface area (Å²) in [6, 6.07) is 12.4. The van der Waals surface area contributed by atoms with Gasteiger partial charge in [-0.2, -0.15) is 13.2 Å². The standard InChI is InChI=1S/C20H13ClF3N3O2/c21-18-5-4-15(11-17(18)20(22,23)24)26-27(12-28)16-3-1-2-14(10-16)19(29)13-6-8-25-9-7-13/h1-12,26H. The van der Waals surface area contributed by atoms with Crippen molar-refractivity contribution in [2.75, 3.05) is 10.4 Å². The SMILES string of the molecule is O=CN(Nc1ccc(Cl)c(C(F)(F)F)c1)c1cccc(C(=O)c2ccncc2)c1. The quantitative estimate of drug-likeness (QED) is 0.348. The molecule has 0 aliphatic rings. The Bertz CT molecular complexity index is 1040. The fourth-order valence-electron chi connectivity index (χ4n) is 2.57. The van der Waals surface area contributed by atoms with Gasteiger partial charge in [0.25, 0.3) is 0 Å². The van der Waals surface area contributed by atoms with Crippen LogP contribution in [0.25, 0.3) is 0 Å². The van der Waals surface area contributed by atoms with Crippen LogP contribution < -0.4 is 10.4 Å². The molecule has 29 heavy (non-hydrogen) atoms. The van der Waals surface area contributed by atoms with Gasteiger partial charge in [0.15, 0.2) is 5.78 Å². The number of aromatic nitrogens is 1. The summed E-state index contributed by atoms with van der Waals surface area (Å²) < 4.78 is 39.1. The average molecular weight is 420 g/mol. The first-order valence-electron chi connectivity index (χ1n) is 8.22. The third-order valence-electron chi connectivity index (χ3n) is 3.96. The monoisotopic (exact) mass is 419 g/mol. The number of ketones is 1. The van der Waals surface area contributed by atoms with Gasteiger partial charge in [0.05, 0.1) is 22.0 Å². The molecule has 0 aliphatic carbocycles. The summed E-state index contributed by atoms with van der Waals surface area (Å²) in [7, 11) is 0. The number of carbonyl (C=O) groups is 2. The highest BCUT2D eigenvalue weighted by atomic mass is 35.5. The van der Waals surface area contributed by atoms with Crippen LogP contribution in [0.3, 0.4) is 0 Å². The minimum absolute atomic E-state index is 0.000289. The molecular formula is C20H13ClF3N3O2. The van der Waals surface area contributed by atoms with Gasteiger partial charge in [-0.3, -0.25) is 20.0 Å². The van der Waals surface area contributed by atoms with E-state index in [0.29, 0.717) is 17.5 Å². The smallest absolute Gasteiger partial charge is 0.292 e. The van der Waals surface area contributed by atoms with Gasteiger partial charge < -0.3 is 0 Å². The molecule has 3 aromatic rings. The number of nitrogens with one attached hydrogen (secondary N) is 1. The highest BCUT2D eigenvalue weighted by Gasteiger charge is 2.33. The molecule has 0 fully saturated rings. The summed E-state index contributed by atoms with van der Waals surface area (Å²) in [6.07, 6.45) is -1.29. The number of alkyl halides is 3. The molecule has 0 unspecified atom stereocenters. The summed E-state index contributed by atoms with van der Waals surface area (Å²) in [5, 5.41) is 0.512. The summed E-state index contributed by atoms with van der Waals surface area (Å²) in [5.74, 6) is -0.286. The van der Waals surface area contributed by atoms with Crippen LogP contribution in [0.15, 0.2) is 67.0 Å². The first kappa shape index (κ1) is 20.3. The van der Waals surface area contributed by atoms with Crippen LogP contribution in [-0.2, 0) is 11.0 Å². The number of pyridine rings is 1. The molecule has 0 aliphatic heterocycles. The van der Waals surface area contributed by atoms with E-state index in [1.54, 1.807) is 24.3 Å². The normalized spacial score (nSPS) is 11.0. The topological polar surface area (TPSA) is 62.3 Å². The molecule has 0 radical (unpaired) electrons. The number of hydrogen-bond donors (Lipinski definition) is 1. The van der Waals surface area contributed by atoms with Crippen molar-refractivity contribution in [1.29, 1.82) is 0 Å². The van der Waals surface area contributed by atoms with E-state index in [-0.39, 0.29) is 17.2 Å². The van der Waals surface area contributed by atoms with Crippen molar-refractivity contribution in [1.82, 2.24) is 4.98 Å². The molecule has 1 heterocycles. The lowest BCUT2D eigenvalue weighted by Gasteiger charge is -2.21. The van der Waals surface area contributed by atoms with Gasteiger partial charge in [-0.05, 0) is 42.5 Å². The number of halogens is 4. The Morgan fingerprint density at radius 2 is 1.76 bits per heavy atom. The highest BCUT2D eigenvalue weighted by molar-refractivity contribution is 6.31. The molecule has 2 aromatic carbocycles. The Kier molecular flexibility index (Phi) is 5.84. The number of anilines is 2. The molecule has 5 nitrogen and oxygen atoms in total. The van der Waals surface area contributed by atoms with Crippen molar-refractivity contribution in [3.8, 4) is 0 Å². The van der Waals surface area contributed by atoms with E-state index in [4.69, 9.17) is 11.6 Å². The molecule has 1 aromatic heterocycles. The zero-order valence-corrected chi connectivity index (χ0v) is 15.4. The van der Waals surface area contributed by atoms with Crippen molar-refractivity contribution in [3.63, 3.8) is 0 Å². The molecule has 0 saturated heterocycles. The molecule has 1 amide bonds. The van der Waals surface area contributed by atoms with E-state index in [2.05, 4.69) is 10.4 Å². The van der Waals surface area contributed by atoms with Gasteiger partial charge in [-0.15, -0.1) is 0 Å². The largest absolute Gasteiger partial charge is 0.417 e. The predicted molar refractivity (Wildman–Crippen MR) is 103 cm³/mol. The number of benzene rings is 2. The Labute approximate surface area is 168 Å². The minimum atomic E-state index is -4.64. The Balaban J connectivity index is 1.88. The first-order valence-corrected chi connectivity index (χ1v) is 8.60. The maximum absolute atomic E-state index is 13.0. The molecule has 3 rings (SSSR count). The van der Waals surface area contributed by atoms with Gasteiger partial charge in [0.2, 0.25) is 6.41 Å². The molecule has 0 bridgehead atoms. The van der Waals surface area contributed by atoms with Gasteiger partial charge in [-0.25, -0.2) is 5.01 Å². The van der Waals surface area contributed by atoms with E-state index >= 15 is 0 Å². The second-order valence-corrected chi connectivity index (χ2v) is 6.30. The number of hydrazine groups is 1. The molecule has 9 heteroatoms. The second kappa shape index (κ2) is 8.32. The fourth-order valence-corrected chi connectivity index (χ4v) is 2.79. The Morgan fingerprint density at radius 1 is 1.03 bits per heavy atom. The summed E-state index contributed by atoms with van der Waals surface area (Å²) in [4.78, 5) is 27.9. The molecule has 0 spiro atoms. The zero-order chi connectivity index (χ0) is 21.0. The number of amides is 1. The van der Waals surface area contributed by atoms with E-state index in [1.165, 1.54) is 30.6 Å². The van der Waals surface area contributed by atoms with E-state index in [0.717, 1.165) is 17.1 Å². The first-order chi connectivity index (χ1) is 13.8. The lowest BCUT2D eigenvalue weighted by Crippen LogP contribution is -2.28. The number of hydrogen-bond acceptors (Lipinski definition) is 4. The van der Waals surface area contributed by atoms with Crippen LogP contribution >= 0.6 is 11.6 Å². The molecule has 148 valence electrons. The molecule has 0 atom stereocenters. The maximum atomic E-state index is 13.0. The number of carbonyl (C=O) groups excluding carboxylic acids is 2. The van der Waals surface area contributed by atoms with Gasteiger partial charge in [0, 0.05) is 23.5 Å². The maximum Gasteiger partial charge on any atom is 0.417 e. The summed E-state index contributed by atoms with van der Waals surface area (Å²) in [6.45, 7) is 0. The third-order valence-corrected chi connectivity index (χ3v) is 4.29. The highest BCUT2D eigenvalue weighted by Crippen LogP contribution is 2.36. The van der Waals surface area contributed by atoms with Crippen LogP contribution in [0.4, 0.5) is 24.5 Å². The van der Waals surface area contributed by atoms with Crippen molar-refractivity contribution in [3.05, 3.63) is 88.7 Å². The van der Waals surface area contributed by atoms with Crippen molar-refractivity contribution < 1.29 is 22.8 Å². The van der Waals surface area contributed by atoms with E-state index in [9.17, 15) is 22.8 Å². The molecular weight excluding hydrogens is 407 g/mol. The lowest BCUT2D eigenvalue weighted by molar-refractivity contribution is -0.137. The van der Waals surface area contributed by atoms with Crippen molar-refractivity contribution in [2.45, 2.75) is 6.18 Å². The van der Waals surface area contributed by atoms with E-state index < -0.39 is 16.8 Å².